The van der Waals surface area contributed by atoms with Crippen molar-refractivity contribution in [3.63, 3.8) is 0 Å². The lowest BCUT2D eigenvalue weighted by Crippen LogP contribution is -2.39. The van der Waals surface area contributed by atoms with Crippen molar-refractivity contribution in [1.82, 2.24) is 10.3 Å². The second-order valence-electron chi connectivity index (χ2n) is 5.10. The van der Waals surface area contributed by atoms with E-state index in [2.05, 4.69) is 10.3 Å². The summed E-state index contributed by atoms with van der Waals surface area (Å²) >= 11 is 3.25. The van der Waals surface area contributed by atoms with Gasteiger partial charge in [0.15, 0.2) is 0 Å². The van der Waals surface area contributed by atoms with E-state index in [1.54, 1.807) is 22.7 Å². The Bertz CT molecular complexity index is 575. The van der Waals surface area contributed by atoms with Gasteiger partial charge in [0.1, 0.15) is 5.01 Å². The van der Waals surface area contributed by atoms with Crippen molar-refractivity contribution in [2.24, 2.45) is 11.7 Å². The van der Waals surface area contributed by atoms with Crippen LogP contribution in [-0.4, -0.2) is 23.5 Å². The summed E-state index contributed by atoms with van der Waals surface area (Å²) in [6, 6.07) is 4.16. The van der Waals surface area contributed by atoms with Crippen molar-refractivity contribution in [3.8, 4) is 9.88 Å². The van der Waals surface area contributed by atoms with Gasteiger partial charge in [-0.05, 0) is 30.2 Å². The number of amides is 1. The Kier molecular flexibility index (Phi) is 4.14. The quantitative estimate of drug-likeness (QED) is 0.860. The molecule has 0 radical (unpaired) electrons. The fraction of sp³-hybridized carbons (Fsp3) is 0.429. The second kappa shape index (κ2) is 6.03. The number of thiazole rings is 1. The van der Waals surface area contributed by atoms with E-state index in [1.807, 2.05) is 22.9 Å². The maximum atomic E-state index is 11.9. The van der Waals surface area contributed by atoms with Crippen molar-refractivity contribution in [2.75, 3.05) is 6.54 Å². The Morgan fingerprint density at radius 3 is 3.05 bits per heavy atom. The molecule has 0 spiro atoms. The lowest BCUT2D eigenvalue weighted by atomic mass is 10.2. The van der Waals surface area contributed by atoms with E-state index < -0.39 is 0 Å². The van der Waals surface area contributed by atoms with Gasteiger partial charge in [0.25, 0.3) is 0 Å². The van der Waals surface area contributed by atoms with E-state index in [1.165, 1.54) is 12.8 Å². The van der Waals surface area contributed by atoms with Crippen molar-refractivity contribution in [1.29, 1.82) is 0 Å². The van der Waals surface area contributed by atoms with Gasteiger partial charge < -0.3 is 11.1 Å². The summed E-state index contributed by atoms with van der Waals surface area (Å²) in [5.74, 6) is 0.615. The molecule has 0 saturated heterocycles. The number of nitrogens with two attached hydrogens (primary N) is 1. The highest BCUT2D eigenvalue weighted by Crippen LogP contribution is 2.31. The third-order valence-corrected chi connectivity index (χ3v) is 5.32. The molecule has 1 saturated carbocycles. The lowest BCUT2D eigenvalue weighted by molar-refractivity contribution is -0.120. The molecule has 3 N–H and O–H groups in total. The van der Waals surface area contributed by atoms with Crippen molar-refractivity contribution in [3.05, 3.63) is 28.6 Å². The molecule has 1 unspecified atom stereocenters. The van der Waals surface area contributed by atoms with Gasteiger partial charge in [-0.2, -0.15) is 0 Å². The topological polar surface area (TPSA) is 68.0 Å². The summed E-state index contributed by atoms with van der Waals surface area (Å²) in [5, 5.41) is 7.87. The molecule has 20 heavy (non-hydrogen) atoms. The standard InChI is InChI=1S/C14H17N3OS2/c15-11(9-3-4-9)7-16-13(18)6-10-8-20-14(17-10)12-2-1-5-19-12/h1-2,5,8-9,11H,3-4,6-7,15H2,(H,16,18). The van der Waals surface area contributed by atoms with Gasteiger partial charge in [0, 0.05) is 18.0 Å². The first-order valence-corrected chi connectivity index (χ1v) is 8.49. The molecule has 106 valence electrons. The van der Waals surface area contributed by atoms with Gasteiger partial charge in [-0.1, -0.05) is 6.07 Å². The minimum atomic E-state index is 0.00382. The molecule has 0 bridgehead atoms. The normalized spacial score (nSPS) is 16.1. The van der Waals surface area contributed by atoms with Crippen LogP contribution in [0.4, 0.5) is 0 Å². The molecule has 3 rings (SSSR count). The van der Waals surface area contributed by atoms with Gasteiger partial charge in [-0.25, -0.2) is 4.98 Å². The fourth-order valence-electron chi connectivity index (χ4n) is 2.05. The van der Waals surface area contributed by atoms with Gasteiger partial charge in [0.2, 0.25) is 5.91 Å². The number of nitrogens with one attached hydrogen (secondary N) is 1. The van der Waals surface area contributed by atoms with Gasteiger partial charge in [-0.15, -0.1) is 22.7 Å². The number of carbonyl (C=O) groups is 1. The molecule has 0 aromatic carbocycles. The first-order chi connectivity index (χ1) is 9.72. The number of rotatable bonds is 6. The average Bonchev–Trinajstić information content (AvgIpc) is 2.96. The van der Waals surface area contributed by atoms with E-state index in [0.717, 1.165) is 15.6 Å². The van der Waals surface area contributed by atoms with Crippen molar-refractivity contribution < 1.29 is 4.79 Å². The molecule has 2 aromatic rings. The zero-order valence-electron chi connectivity index (χ0n) is 11.0. The number of hydrogen-bond acceptors (Lipinski definition) is 5. The molecule has 2 heterocycles. The van der Waals surface area contributed by atoms with Gasteiger partial charge in [-0.3, -0.25) is 4.79 Å². The molecule has 2 aromatic heterocycles. The highest BCUT2D eigenvalue weighted by Gasteiger charge is 2.28. The predicted octanol–water partition coefficient (Wildman–Crippen LogP) is 2.27. The third-order valence-electron chi connectivity index (χ3n) is 3.39. The Labute approximate surface area is 126 Å². The Hall–Kier alpha value is -1.24. The monoisotopic (exact) mass is 307 g/mol. The molecular weight excluding hydrogens is 290 g/mol. The molecule has 1 atom stereocenters. The highest BCUT2D eigenvalue weighted by molar-refractivity contribution is 7.20. The Morgan fingerprint density at radius 2 is 2.35 bits per heavy atom. The summed E-state index contributed by atoms with van der Waals surface area (Å²) < 4.78 is 0. The van der Waals surface area contributed by atoms with Crippen molar-refractivity contribution in [2.45, 2.75) is 25.3 Å². The van der Waals surface area contributed by atoms with E-state index in [9.17, 15) is 4.79 Å². The van der Waals surface area contributed by atoms with Crippen LogP contribution in [0.2, 0.25) is 0 Å². The number of thiophene rings is 1. The molecule has 1 aliphatic rings. The van der Waals surface area contributed by atoms with E-state index in [-0.39, 0.29) is 11.9 Å². The van der Waals surface area contributed by atoms with Gasteiger partial charge in [0.05, 0.1) is 17.0 Å². The van der Waals surface area contributed by atoms with Crippen LogP contribution < -0.4 is 11.1 Å². The molecule has 1 amide bonds. The largest absolute Gasteiger partial charge is 0.354 e. The fourth-order valence-corrected chi connectivity index (χ4v) is 3.69. The molecule has 6 heteroatoms. The second-order valence-corrected chi connectivity index (χ2v) is 6.91. The smallest absolute Gasteiger partial charge is 0.226 e. The van der Waals surface area contributed by atoms with Gasteiger partial charge >= 0.3 is 0 Å². The Balaban J connectivity index is 1.51. The number of hydrogen-bond donors (Lipinski definition) is 2. The summed E-state index contributed by atoms with van der Waals surface area (Å²) in [6.45, 7) is 0.575. The molecule has 1 fully saturated rings. The van der Waals surface area contributed by atoms with Crippen LogP contribution in [0.3, 0.4) is 0 Å². The first-order valence-electron chi connectivity index (χ1n) is 6.73. The molecule has 0 aliphatic heterocycles. The number of nitrogens with zero attached hydrogens (tertiary/aromatic N) is 1. The maximum Gasteiger partial charge on any atom is 0.226 e. The third kappa shape index (κ3) is 3.45. The average molecular weight is 307 g/mol. The highest BCUT2D eigenvalue weighted by atomic mass is 32.1. The summed E-state index contributed by atoms with van der Waals surface area (Å²) in [4.78, 5) is 17.5. The van der Waals surface area contributed by atoms with Crippen LogP contribution in [0.25, 0.3) is 9.88 Å². The van der Waals surface area contributed by atoms with Crippen LogP contribution in [0, 0.1) is 5.92 Å². The molecule has 1 aliphatic carbocycles. The van der Waals surface area contributed by atoms with Crippen molar-refractivity contribution >= 4 is 28.6 Å². The lowest BCUT2D eigenvalue weighted by Gasteiger charge is -2.10. The van der Waals surface area contributed by atoms with E-state index >= 15 is 0 Å². The predicted molar refractivity (Wildman–Crippen MR) is 82.8 cm³/mol. The van der Waals surface area contributed by atoms with Crippen LogP contribution in [0.1, 0.15) is 18.5 Å². The van der Waals surface area contributed by atoms with E-state index in [4.69, 9.17) is 5.73 Å². The summed E-state index contributed by atoms with van der Waals surface area (Å²) in [7, 11) is 0. The maximum absolute atomic E-state index is 11.9. The molecule has 4 nitrogen and oxygen atoms in total. The zero-order valence-corrected chi connectivity index (χ0v) is 12.7. The summed E-state index contributed by atoms with van der Waals surface area (Å²) in [6.07, 6.45) is 2.74. The summed E-state index contributed by atoms with van der Waals surface area (Å²) in [5.41, 5.74) is 6.79. The minimum Gasteiger partial charge on any atom is -0.354 e. The first kappa shape index (κ1) is 13.7. The number of carbonyl (C=O) groups excluding carboxylic acids is 1. The molecular formula is C14H17N3OS2. The minimum absolute atomic E-state index is 0.00382. The van der Waals surface area contributed by atoms with E-state index in [0.29, 0.717) is 18.9 Å². The van der Waals surface area contributed by atoms with Crippen LogP contribution in [-0.2, 0) is 11.2 Å². The SMILES string of the molecule is NC(CNC(=O)Cc1csc(-c2cccs2)n1)C1CC1. The number of aromatic nitrogens is 1. The van der Waals surface area contributed by atoms with Crippen LogP contribution in [0.15, 0.2) is 22.9 Å². The van der Waals surface area contributed by atoms with Crippen LogP contribution >= 0.6 is 22.7 Å². The van der Waals surface area contributed by atoms with Crippen LogP contribution in [0.5, 0.6) is 0 Å². The zero-order chi connectivity index (χ0) is 13.9. The Morgan fingerprint density at radius 1 is 1.50 bits per heavy atom.